The highest BCUT2D eigenvalue weighted by atomic mass is 35.5. The number of alkyl halides is 3. The topological polar surface area (TPSA) is 56.5 Å². The van der Waals surface area contributed by atoms with Crippen LogP contribution < -0.4 is 9.47 Å². The lowest BCUT2D eigenvalue weighted by Crippen LogP contribution is -2.12. The highest BCUT2D eigenvalue weighted by molar-refractivity contribution is 6.30. The van der Waals surface area contributed by atoms with Crippen LogP contribution in [-0.4, -0.2) is 14.9 Å². The molecule has 0 atom stereocenters. The second-order valence-electron chi connectivity index (χ2n) is 7.42. The number of aromatic hydroxyl groups is 1. The molecule has 1 aromatic heterocycles. The van der Waals surface area contributed by atoms with Crippen molar-refractivity contribution >= 4 is 23.2 Å². The molecule has 4 rings (SSSR count). The Balaban J connectivity index is 1.69. The number of phenolic OH excluding ortho intramolecular Hbond substituents is 1. The van der Waals surface area contributed by atoms with Crippen LogP contribution in [-0.2, 0) is 19.8 Å². The van der Waals surface area contributed by atoms with Crippen LogP contribution >= 0.6 is 23.2 Å². The van der Waals surface area contributed by atoms with Gasteiger partial charge in [-0.15, -0.1) is 0 Å². The van der Waals surface area contributed by atoms with Gasteiger partial charge in [-0.2, -0.15) is 18.3 Å². The smallest absolute Gasteiger partial charge is 0.436 e. The van der Waals surface area contributed by atoms with Crippen molar-refractivity contribution < 1.29 is 32.1 Å². The summed E-state index contributed by atoms with van der Waals surface area (Å²) in [6.45, 7) is 0.175. The van der Waals surface area contributed by atoms with E-state index in [1.807, 2.05) is 0 Å². The molecule has 11 heteroatoms. The standard InChI is InChI=1S/C24H16Cl2F4N2O3/c1-32-23(24(28,29)30)22(35-16-7-9-18(26)19(27)10-16)21(31-32)17-8-6-15(11-20(17)33)34-12-13-2-4-14(25)5-3-13/h2-11,33H,12H2,1H3. The van der Waals surface area contributed by atoms with E-state index in [0.29, 0.717) is 9.70 Å². The molecule has 0 amide bonds. The molecule has 4 aromatic rings. The summed E-state index contributed by atoms with van der Waals surface area (Å²) in [5, 5.41) is 14.9. The van der Waals surface area contributed by atoms with Gasteiger partial charge in [0.15, 0.2) is 11.4 Å². The molecule has 1 heterocycles. The number of hydrogen-bond acceptors (Lipinski definition) is 4. The van der Waals surface area contributed by atoms with Crippen molar-refractivity contribution in [2.75, 3.05) is 0 Å². The molecule has 0 aliphatic heterocycles. The number of rotatable bonds is 6. The summed E-state index contributed by atoms with van der Waals surface area (Å²) in [6.07, 6.45) is -4.85. The molecule has 0 radical (unpaired) electrons. The maximum absolute atomic E-state index is 13.9. The zero-order valence-electron chi connectivity index (χ0n) is 17.9. The third kappa shape index (κ3) is 5.47. The Morgan fingerprint density at radius 1 is 0.971 bits per heavy atom. The van der Waals surface area contributed by atoms with Gasteiger partial charge in [0.2, 0.25) is 0 Å². The first-order chi connectivity index (χ1) is 16.5. The Bertz CT molecular complexity index is 1370. The van der Waals surface area contributed by atoms with Gasteiger partial charge in [0.1, 0.15) is 35.4 Å². The summed E-state index contributed by atoms with van der Waals surface area (Å²) in [5.41, 5.74) is -0.731. The summed E-state index contributed by atoms with van der Waals surface area (Å²) in [4.78, 5) is 0. The molecular formula is C24H16Cl2F4N2O3. The Labute approximate surface area is 207 Å². The summed E-state index contributed by atoms with van der Waals surface area (Å²) in [5.74, 6) is -1.91. The van der Waals surface area contributed by atoms with E-state index in [0.717, 1.165) is 24.7 Å². The molecule has 0 saturated heterocycles. The maximum atomic E-state index is 13.9. The highest BCUT2D eigenvalue weighted by Crippen LogP contribution is 2.46. The zero-order chi connectivity index (χ0) is 25.3. The van der Waals surface area contributed by atoms with Crippen molar-refractivity contribution in [1.82, 2.24) is 9.78 Å². The van der Waals surface area contributed by atoms with Crippen molar-refractivity contribution in [3.8, 4) is 34.3 Å². The molecule has 0 saturated carbocycles. The minimum absolute atomic E-state index is 0.0422. The van der Waals surface area contributed by atoms with Crippen molar-refractivity contribution in [2.24, 2.45) is 7.05 Å². The number of aryl methyl sites for hydroxylation is 1. The Morgan fingerprint density at radius 2 is 1.66 bits per heavy atom. The van der Waals surface area contributed by atoms with E-state index in [1.165, 1.54) is 24.3 Å². The minimum atomic E-state index is -4.85. The third-order valence-corrected chi connectivity index (χ3v) is 5.48. The molecule has 0 unspecified atom stereocenters. The molecule has 5 nitrogen and oxygen atoms in total. The third-order valence-electron chi connectivity index (χ3n) is 4.93. The van der Waals surface area contributed by atoms with Gasteiger partial charge in [0.05, 0.1) is 5.02 Å². The van der Waals surface area contributed by atoms with Crippen LogP contribution in [0.5, 0.6) is 23.0 Å². The minimum Gasteiger partial charge on any atom is -0.507 e. The lowest BCUT2D eigenvalue weighted by Gasteiger charge is -2.13. The Morgan fingerprint density at radius 3 is 2.29 bits per heavy atom. The summed E-state index contributed by atoms with van der Waals surface area (Å²) < 4.78 is 66.9. The number of halogens is 6. The van der Waals surface area contributed by atoms with Gasteiger partial charge in [0.25, 0.3) is 0 Å². The van der Waals surface area contributed by atoms with Gasteiger partial charge >= 0.3 is 6.18 Å². The van der Waals surface area contributed by atoms with Gasteiger partial charge in [-0.25, -0.2) is 4.39 Å². The number of ether oxygens (including phenoxy) is 2. The van der Waals surface area contributed by atoms with E-state index < -0.39 is 29.2 Å². The van der Waals surface area contributed by atoms with Crippen molar-refractivity contribution in [3.63, 3.8) is 0 Å². The Hall–Kier alpha value is -3.43. The summed E-state index contributed by atoms with van der Waals surface area (Å²) >= 11 is 11.5. The van der Waals surface area contributed by atoms with Crippen LogP contribution in [0, 0.1) is 5.82 Å². The van der Waals surface area contributed by atoms with Crippen LogP contribution in [0.15, 0.2) is 60.7 Å². The lowest BCUT2D eigenvalue weighted by atomic mass is 10.1. The summed E-state index contributed by atoms with van der Waals surface area (Å²) in [7, 11) is 1.09. The molecule has 3 aromatic carbocycles. The molecule has 0 aliphatic rings. The van der Waals surface area contributed by atoms with Gasteiger partial charge < -0.3 is 14.6 Å². The maximum Gasteiger partial charge on any atom is 0.436 e. The lowest BCUT2D eigenvalue weighted by molar-refractivity contribution is -0.144. The molecule has 182 valence electrons. The molecule has 0 aliphatic carbocycles. The monoisotopic (exact) mass is 526 g/mol. The molecule has 0 bridgehead atoms. The van der Waals surface area contributed by atoms with Crippen LogP contribution in [0.4, 0.5) is 17.6 Å². The normalized spacial score (nSPS) is 11.5. The van der Waals surface area contributed by atoms with Crippen molar-refractivity contribution in [2.45, 2.75) is 12.8 Å². The average Bonchev–Trinajstić information content (AvgIpc) is 3.11. The first kappa shape index (κ1) is 24.7. The van der Waals surface area contributed by atoms with E-state index in [2.05, 4.69) is 5.10 Å². The predicted octanol–water partition coefficient (Wildman–Crippen LogP) is 7.63. The van der Waals surface area contributed by atoms with Gasteiger partial charge in [-0.05, 0) is 42.0 Å². The van der Waals surface area contributed by atoms with Crippen LogP contribution in [0.25, 0.3) is 11.3 Å². The fourth-order valence-electron chi connectivity index (χ4n) is 3.30. The van der Waals surface area contributed by atoms with E-state index in [9.17, 15) is 22.7 Å². The number of phenols is 1. The van der Waals surface area contributed by atoms with E-state index in [4.69, 9.17) is 32.7 Å². The molecule has 0 fully saturated rings. The van der Waals surface area contributed by atoms with Crippen LogP contribution in [0.2, 0.25) is 10.0 Å². The summed E-state index contributed by atoms with van der Waals surface area (Å²) in [6, 6.07) is 14.2. The fraction of sp³-hybridized carbons (Fsp3) is 0.125. The molecule has 35 heavy (non-hydrogen) atoms. The van der Waals surface area contributed by atoms with Gasteiger partial charge in [-0.3, -0.25) is 4.68 Å². The van der Waals surface area contributed by atoms with Crippen LogP contribution in [0.1, 0.15) is 11.3 Å². The first-order valence-electron chi connectivity index (χ1n) is 10.0. The Kier molecular flexibility index (Phi) is 6.82. The zero-order valence-corrected chi connectivity index (χ0v) is 19.4. The number of aromatic nitrogens is 2. The fourth-order valence-corrected chi connectivity index (χ4v) is 3.54. The number of hydrogen-bond donors (Lipinski definition) is 1. The van der Waals surface area contributed by atoms with Crippen molar-refractivity contribution in [1.29, 1.82) is 0 Å². The number of benzene rings is 3. The van der Waals surface area contributed by atoms with Crippen molar-refractivity contribution in [3.05, 3.63) is 87.8 Å². The van der Waals surface area contributed by atoms with E-state index in [-0.39, 0.29) is 34.4 Å². The highest BCUT2D eigenvalue weighted by Gasteiger charge is 2.41. The first-order valence-corrected chi connectivity index (χ1v) is 10.8. The molecule has 0 spiro atoms. The van der Waals surface area contributed by atoms with Gasteiger partial charge in [0, 0.05) is 29.8 Å². The van der Waals surface area contributed by atoms with E-state index >= 15 is 0 Å². The second kappa shape index (κ2) is 9.67. The average molecular weight is 527 g/mol. The van der Waals surface area contributed by atoms with E-state index in [1.54, 1.807) is 24.3 Å². The molecule has 1 N–H and O–H groups in total. The van der Waals surface area contributed by atoms with Crippen LogP contribution in [0.3, 0.4) is 0 Å². The predicted molar refractivity (Wildman–Crippen MR) is 123 cm³/mol. The SMILES string of the molecule is Cn1nc(-c2ccc(OCc3ccc(Cl)cc3)cc2O)c(Oc2ccc(Cl)c(F)c2)c1C(F)(F)F. The molecular weight excluding hydrogens is 511 g/mol. The number of nitrogens with zero attached hydrogens (tertiary/aromatic N) is 2. The second-order valence-corrected chi connectivity index (χ2v) is 8.26. The largest absolute Gasteiger partial charge is 0.507 e. The van der Waals surface area contributed by atoms with Gasteiger partial charge in [-0.1, -0.05) is 35.3 Å². The quantitative estimate of drug-likeness (QED) is 0.262.